The van der Waals surface area contributed by atoms with Gasteiger partial charge in [0.05, 0.1) is 11.9 Å². The van der Waals surface area contributed by atoms with Crippen molar-refractivity contribution in [3.63, 3.8) is 0 Å². The summed E-state index contributed by atoms with van der Waals surface area (Å²) < 4.78 is 13.1. The fourth-order valence-corrected chi connectivity index (χ4v) is 2.23. The van der Waals surface area contributed by atoms with Gasteiger partial charge in [0.1, 0.15) is 5.82 Å². The average molecular weight is 295 g/mol. The van der Waals surface area contributed by atoms with Crippen molar-refractivity contribution in [2.75, 3.05) is 5.73 Å². The van der Waals surface area contributed by atoms with Crippen LogP contribution in [0.1, 0.15) is 15.9 Å². The maximum Gasteiger partial charge on any atom is 0.197 e. The second-order valence-electron chi connectivity index (χ2n) is 4.99. The van der Waals surface area contributed by atoms with Crippen LogP contribution in [0.25, 0.3) is 11.3 Å². The van der Waals surface area contributed by atoms with Crippen LogP contribution in [0.5, 0.6) is 0 Å². The molecule has 0 spiro atoms. The highest BCUT2D eigenvalue weighted by Gasteiger charge is 2.08. The van der Waals surface area contributed by atoms with Crippen LogP contribution in [-0.2, 0) is 6.42 Å². The summed E-state index contributed by atoms with van der Waals surface area (Å²) in [7, 11) is 0. The van der Waals surface area contributed by atoms with Gasteiger partial charge in [0, 0.05) is 12.0 Å². The third-order valence-corrected chi connectivity index (χ3v) is 3.37. The van der Waals surface area contributed by atoms with E-state index < -0.39 is 5.82 Å². The number of nitrogens with zero attached hydrogens (tertiary/aromatic N) is 1. The number of imidazole rings is 1. The summed E-state index contributed by atoms with van der Waals surface area (Å²) in [5.74, 6) is -0.156. The fraction of sp³-hybridized carbons (Fsp3) is 0.0588. The van der Waals surface area contributed by atoms with Gasteiger partial charge in [0.2, 0.25) is 0 Å². The highest BCUT2D eigenvalue weighted by molar-refractivity contribution is 5.97. The summed E-state index contributed by atoms with van der Waals surface area (Å²) >= 11 is 0. The average Bonchev–Trinajstić information content (AvgIpc) is 2.94. The Kier molecular flexibility index (Phi) is 3.70. The number of carbonyl (C=O) groups excluding carboxylic acids is 1. The molecule has 0 aliphatic rings. The number of benzene rings is 2. The second-order valence-corrected chi connectivity index (χ2v) is 4.99. The molecule has 0 amide bonds. The third-order valence-electron chi connectivity index (χ3n) is 3.37. The van der Waals surface area contributed by atoms with E-state index in [1.807, 2.05) is 24.3 Å². The lowest BCUT2D eigenvalue weighted by Crippen LogP contribution is -2.03. The second kappa shape index (κ2) is 5.81. The molecule has 0 unspecified atom stereocenters. The normalized spacial score (nSPS) is 10.6. The van der Waals surface area contributed by atoms with Gasteiger partial charge < -0.3 is 10.7 Å². The minimum absolute atomic E-state index is 0.113. The van der Waals surface area contributed by atoms with E-state index in [2.05, 4.69) is 9.97 Å². The highest BCUT2D eigenvalue weighted by atomic mass is 19.1. The van der Waals surface area contributed by atoms with Crippen molar-refractivity contribution in [2.24, 2.45) is 0 Å². The lowest BCUT2D eigenvalue weighted by molar-refractivity contribution is 0.0992. The molecular formula is C17H14FN3O. The molecule has 0 radical (unpaired) electrons. The zero-order chi connectivity index (χ0) is 15.5. The van der Waals surface area contributed by atoms with E-state index in [0.29, 0.717) is 11.5 Å². The first-order valence-corrected chi connectivity index (χ1v) is 6.80. The van der Waals surface area contributed by atoms with Crippen LogP contribution < -0.4 is 5.73 Å². The SMILES string of the molecule is Nc1ncc(-c2ccc(CC(=O)c3cccc(F)c3)cc2)[nH]1. The van der Waals surface area contributed by atoms with Crippen molar-refractivity contribution in [2.45, 2.75) is 6.42 Å². The van der Waals surface area contributed by atoms with E-state index in [4.69, 9.17) is 5.73 Å². The number of rotatable bonds is 4. The number of aromatic nitrogens is 2. The highest BCUT2D eigenvalue weighted by Crippen LogP contribution is 2.19. The standard InChI is InChI=1S/C17H14FN3O/c18-14-3-1-2-13(9-14)16(22)8-11-4-6-12(7-5-11)15-10-20-17(19)21-15/h1-7,9-10H,8H2,(H3,19,20,21). The number of halogens is 1. The first-order chi connectivity index (χ1) is 10.6. The molecule has 0 atom stereocenters. The van der Waals surface area contributed by atoms with Crippen LogP contribution in [0.4, 0.5) is 10.3 Å². The molecule has 110 valence electrons. The molecule has 0 saturated carbocycles. The first kappa shape index (κ1) is 14.0. The smallest absolute Gasteiger partial charge is 0.197 e. The molecule has 1 heterocycles. The van der Waals surface area contributed by atoms with Crippen molar-refractivity contribution < 1.29 is 9.18 Å². The van der Waals surface area contributed by atoms with E-state index in [0.717, 1.165) is 16.8 Å². The van der Waals surface area contributed by atoms with Crippen molar-refractivity contribution in [3.05, 3.63) is 71.7 Å². The van der Waals surface area contributed by atoms with Gasteiger partial charge in [0.15, 0.2) is 11.7 Å². The molecule has 0 saturated heterocycles. The van der Waals surface area contributed by atoms with Crippen LogP contribution in [-0.4, -0.2) is 15.8 Å². The van der Waals surface area contributed by atoms with Gasteiger partial charge >= 0.3 is 0 Å². The summed E-state index contributed by atoms with van der Waals surface area (Å²) in [6.07, 6.45) is 1.89. The largest absolute Gasteiger partial charge is 0.369 e. The number of anilines is 1. The van der Waals surface area contributed by atoms with E-state index in [1.165, 1.54) is 18.2 Å². The lowest BCUT2D eigenvalue weighted by atomic mass is 10.0. The maximum atomic E-state index is 13.1. The Bertz CT molecular complexity index is 809. The van der Waals surface area contributed by atoms with Crippen LogP contribution in [0.3, 0.4) is 0 Å². The zero-order valence-electron chi connectivity index (χ0n) is 11.7. The van der Waals surface area contributed by atoms with Crippen molar-refractivity contribution >= 4 is 11.7 Å². The molecule has 0 bridgehead atoms. The predicted molar refractivity (Wildman–Crippen MR) is 82.9 cm³/mol. The third kappa shape index (κ3) is 3.03. The monoisotopic (exact) mass is 295 g/mol. The molecular weight excluding hydrogens is 281 g/mol. The van der Waals surface area contributed by atoms with Crippen molar-refractivity contribution in [1.82, 2.24) is 9.97 Å². The predicted octanol–water partition coefficient (Wildman–Crippen LogP) is 3.22. The summed E-state index contributed by atoms with van der Waals surface area (Å²) in [5.41, 5.74) is 8.55. The first-order valence-electron chi connectivity index (χ1n) is 6.80. The Morgan fingerprint density at radius 1 is 1.18 bits per heavy atom. The molecule has 5 heteroatoms. The quantitative estimate of drug-likeness (QED) is 0.726. The molecule has 4 nitrogen and oxygen atoms in total. The van der Waals surface area contributed by atoms with Gasteiger partial charge in [-0.2, -0.15) is 0 Å². The molecule has 3 rings (SSSR count). The van der Waals surface area contributed by atoms with E-state index >= 15 is 0 Å². The molecule has 1 aromatic heterocycles. The Hall–Kier alpha value is -2.95. The van der Waals surface area contributed by atoms with Crippen molar-refractivity contribution in [3.8, 4) is 11.3 Å². The number of Topliss-reactive ketones (excluding diaryl/α,β-unsaturated/α-hetero) is 1. The van der Waals surface area contributed by atoms with Crippen LogP contribution in [0, 0.1) is 5.82 Å². The lowest BCUT2D eigenvalue weighted by Gasteiger charge is -2.03. The van der Waals surface area contributed by atoms with E-state index in [-0.39, 0.29) is 12.2 Å². The summed E-state index contributed by atoms with van der Waals surface area (Å²) in [6, 6.07) is 13.2. The Morgan fingerprint density at radius 2 is 1.95 bits per heavy atom. The number of ketones is 1. The number of nitrogens with two attached hydrogens (primary N) is 1. The molecule has 0 fully saturated rings. The van der Waals surface area contributed by atoms with Gasteiger partial charge in [-0.1, -0.05) is 36.4 Å². The molecule has 3 N–H and O–H groups in total. The van der Waals surface area contributed by atoms with Gasteiger partial charge in [-0.05, 0) is 23.3 Å². The topological polar surface area (TPSA) is 71.8 Å². The number of aromatic amines is 1. The molecule has 2 aromatic carbocycles. The molecule has 0 aliphatic heterocycles. The van der Waals surface area contributed by atoms with E-state index in [1.54, 1.807) is 12.3 Å². The summed E-state index contributed by atoms with van der Waals surface area (Å²) in [6.45, 7) is 0. The fourth-order valence-electron chi connectivity index (χ4n) is 2.23. The summed E-state index contributed by atoms with van der Waals surface area (Å²) in [4.78, 5) is 19.0. The number of carbonyl (C=O) groups is 1. The zero-order valence-corrected chi connectivity index (χ0v) is 11.7. The minimum Gasteiger partial charge on any atom is -0.369 e. The van der Waals surface area contributed by atoms with Gasteiger partial charge in [-0.25, -0.2) is 9.37 Å². The van der Waals surface area contributed by atoms with Gasteiger partial charge in [0.25, 0.3) is 0 Å². The molecule has 22 heavy (non-hydrogen) atoms. The maximum absolute atomic E-state index is 13.1. The summed E-state index contributed by atoms with van der Waals surface area (Å²) in [5, 5.41) is 0. The van der Waals surface area contributed by atoms with E-state index in [9.17, 15) is 9.18 Å². The number of hydrogen-bond donors (Lipinski definition) is 2. The number of nitrogen functional groups attached to an aromatic ring is 1. The molecule has 3 aromatic rings. The number of nitrogens with one attached hydrogen (secondary N) is 1. The minimum atomic E-state index is -0.405. The number of hydrogen-bond acceptors (Lipinski definition) is 3. The van der Waals surface area contributed by atoms with Gasteiger partial charge in [-0.15, -0.1) is 0 Å². The molecule has 0 aliphatic carbocycles. The number of H-pyrrole nitrogens is 1. The van der Waals surface area contributed by atoms with Crippen LogP contribution >= 0.6 is 0 Å². The Balaban J connectivity index is 1.75. The van der Waals surface area contributed by atoms with Crippen molar-refractivity contribution in [1.29, 1.82) is 0 Å². The Labute approximate surface area is 126 Å². The Morgan fingerprint density at radius 3 is 2.59 bits per heavy atom. The van der Waals surface area contributed by atoms with Crippen LogP contribution in [0.2, 0.25) is 0 Å². The van der Waals surface area contributed by atoms with Gasteiger partial charge in [-0.3, -0.25) is 4.79 Å². The van der Waals surface area contributed by atoms with Crippen LogP contribution in [0.15, 0.2) is 54.7 Å².